The summed E-state index contributed by atoms with van der Waals surface area (Å²) in [4.78, 5) is 11.5. The maximum absolute atomic E-state index is 4.75. The predicted octanol–water partition coefficient (Wildman–Crippen LogP) is 3.92. The number of hydrogen-bond donors (Lipinski definition) is 1. The van der Waals surface area contributed by atoms with Gasteiger partial charge in [-0.3, -0.25) is 0 Å². The number of nitrogens with one attached hydrogen (secondary N) is 1. The predicted molar refractivity (Wildman–Crippen MR) is 89.7 cm³/mol. The summed E-state index contributed by atoms with van der Waals surface area (Å²) >= 11 is 0. The zero-order valence-electron chi connectivity index (χ0n) is 12.8. The van der Waals surface area contributed by atoms with E-state index in [2.05, 4.69) is 39.5 Å². The Hall–Kier alpha value is -2.10. The molecule has 2 aromatic rings. The van der Waals surface area contributed by atoms with E-state index in [-0.39, 0.29) is 0 Å². The van der Waals surface area contributed by atoms with Gasteiger partial charge in [0.15, 0.2) is 0 Å². The molecule has 0 unspecified atom stereocenters. The van der Waals surface area contributed by atoms with Crippen LogP contribution in [0.25, 0.3) is 0 Å². The van der Waals surface area contributed by atoms with Crippen molar-refractivity contribution in [3.8, 4) is 0 Å². The maximum Gasteiger partial charge on any atom is 0.231 e. The molecule has 1 N–H and O–H groups in total. The third kappa shape index (κ3) is 2.65. The summed E-state index contributed by atoms with van der Waals surface area (Å²) in [6.45, 7) is 0.965. The molecule has 0 radical (unpaired) electrons. The zero-order valence-corrected chi connectivity index (χ0v) is 12.8. The van der Waals surface area contributed by atoms with Gasteiger partial charge in [0.1, 0.15) is 5.82 Å². The number of aromatic nitrogens is 2. The van der Waals surface area contributed by atoms with Crippen LogP contribution in [0.3, 0.4) is 0 Å². The van der Waals surface area contributed by atoms with Crippen molar-refractivity contribution in [2.24, 2.45) is 0 Å². The van der Waals surface area contributed by atoms with Crippen LogP contribution in [0, 0.1) is 0 Å². The van der Waals surface area contributed by atoms with Crippen molar-refractivity contribution in [3.63, 3.8) is 0 Å². The molecule has 1 aliphatic carbocycles. The van der Waals surface area contributed by atoms with E-state index in [1.165, 1.54) is 43.4 Å². The lowest BCUT2D eigenvalue weighted by molar-refractivity contribution is 0.462. The van der Waals surface area contributed by atoms with E-state index in [1.807, 2.05) is 12.3 Å². The van der Waals surface area contributed by atoms with Gasteiger partial charge in [-0.05, 0) is 37.0 Å². The van der Waals surface area contributed by atoms with E-state index in [0.29, 0.717) is 6.04 Å². The fourth-order valence-corrected chi connectivity index (χ4v) is 3.56. The Kier molecular flexibility index (Phi) is 3.67. The second-order valence-electron chi connectivity index (χ2n) is 6.25. The summed E-state index contributed by atoms with van der Waals surface area (Å²) in [7, 11) is 0. The van der Waals surface area contributed by atoms with Crippen molar-refractivity contribution in [2.45, 2.75) is 44.6 Å². The van der Waals surface area contributed by atoms with Crippen LogP contribution in [0.15, 0.2) is 36.5 Å². The number of benzene rings is 1. The van der Waals surface area contributed by atoms with Crippen molar-refractivity contribution in [1.29, 1.82) is 0 Å². The van der Waals surface area contributed by atoms with E-state index in [9.17, 15) is 0 Å². The van der Waals surface area contributed by atoms with Crippen LogP contribution in [0.1, 0.15) is 37.7 Å². The van der Waals surface area contributed by atoms with E-state index >= 15 is 0 Å². The number of para-hydroxylation sites is 1. The van der Waals surface area contributed by atoms with Crippen LogP contribution in [-0.2, 0) is 6.42 Å². The summed E-state index contributed by atoms with van der Waals surface area (Å²) in [5.41, 5.74) is 2.63. The van der Waals surface area contributed by atoms with E-state index < -0.39 is 0 Å². The molecule has 0 spiro atoms. The molecule has 22 heavy (non-hydrogen) atoms. The van der Waals surface area contributed by atoms with Gasteiger partial charge in [0, 0.05) is 24.5 Å². The SMILES string of the molecule is c1ccc2c(c1)CCN2c1nccc(NC2CCCCC2)n1. The second kappa shape index (κ2) is 5.95. The smallest absolute Gasteiger partial charge is 0.231 e. The van der Waals surface area contributed by atoms with Gasteiger partial charge in [-0.15, -0.1) is 0 Å². The molecule has 0 bridgehead atoms. The molecular weight excluding hydrogens is 272 g/mol. The number of anilines is 3. The van der Waals surface area contributed by atoms with Crippen molar-refractivity contribution in [3.05, 3.63) is 42.1 Å². The summed E-state index contributed by atoms with van der Waals surface area (Å²) in [6.07, 6.45) is 9.48. The van der Waals surface area contributed by atoms with E-state index in [4.69, 9.17) is 4.98 Å². The van der Waals surface area contributed by atoms with Crippen LogP contribution in [0.4, 0.5) is 17.5 Å². The number of fused-ring (bicyclic) bond motifs is 1. The Morgan fingerprint density at radius 3 is 2.82 bits per heavy atom. The molecule has 1 fully saturated rings. The van der Waals surface area contributed by atoms with Gasteiger partial charge >= 0.3 is 0 Å². The molecule has 1 aromatic heterocycles. The highest BCUT2D eigenvalue weighted by Crippen LogP contribution is 2.32. The van der Waals surface area contributed by atoms with Gasteiger partial charge in [0.25, 0.3) is 0 Å². The third-order valence-electron chi connectivity index (χ3n) is 4.73. The highest BCUT2D eigenvalue weighted by Gasteiger charge is 2.22. The second-order valence-corrected chi connectivity index (χ2v) is 6.25. The fourth-order valence-electron chi connectivity index (χ4n) is 3.56. The summed E-state index contributed by atoms with van der Waals surface area (Å²) in [6, 6.07) is 11.1. The molecule has 1 aliphatic heterocycles. The molecule has 4 heteroatoms. The fraction of sp³-hybridized carbons (Fsp3) is 0.444. The van der Waals surface area contributed by atoms with Crippen molar-refractivity contribution in [1.82, 2.24) is 9.97 Å². The molecule has 1 aromatic carbocycles. The maximum atomic E-state index is 4.75. The molecule has 0 amide bonds. The minimum absolute atomic E-state index is 0.572. The van der Waals surface area contributed by atoms with Crippen molar-refractivity contribution < 1.29 is 0 Å². The molecular formula is C18H22N4. The van der Waals surface area contributed by atoms with E-state index in [0.717, 1.165) is 24.7 Å². The van der Waals surface area contributed by atoms with Crippen molar-refractivity contribution in [2.75, 3.05) is 16.8 Å². The molecule has 2 aliphatic rings. The average molecular weight is 294 g/mol. The van der Waals surface area contributed by atoms with Crippen LogP contribution in [-0.4, -0.2) is 22.6 Å². The monoisotopic (exact) mass is 294 g/mol. The normalized spacial score (nSPS) is 18.3. The molecule has 1 saturated carbocycles. The standard InChI is InChI=1S/C18H22N4/c1-2-7-15(8-3-1)20-17-10-12-19-18(21-17)22-13-11-14-6-4-5-9-16(14)22/h4-6,9-10,12,15H,1-3,7-8,11,13H2,(H,19,20,21). The van der Waals surface area contributed by atoms with Gasteiger partial charge in [0.05, 0.1) is 0 Å². The topological polar surface area (TPSA) is 41.1 Å². The summed E-state index contributed by atoms with van der Waals surface area (Å²) in [5.74, 6) is 1.77. The highest BCUT2D eigenvalue weighted by atomic mass is 15.3. The zero-order chi connectivity index (χ0) is 14.8. The lowest BCUT2D eigenvalue weighted by Gasteiger charge is -2.24. The van der Waals surface area contributed by atoms with Crippen LogP contribution >= 0.6 is 0 Å². The first-order chi connectivity index (χ1) is 10.9. The number of rotatable bonds is 3. The third-order valence-corrected chi connectivity index (χ3v) is 4.73. The lowest BCUT2D eigenvalue weighted by Crippen LogP contribution is -2.23. The van der Waals surface area contributed by atoms with Crippen molar-refractivity contribution >= 4 is 17.5 Å². The summed E-state index contributed by atoms with van der Waals surface area (Å²) in [5, 5.41) is 3.59. The van der Waals surface area contributed by atoms with Gasteiger partial charge in [-0.1, -0.05) is 37.5 Å². The average Bonchev–Trinajstić information content (AvgIpc) is 3.00. The minimum Gasteiger partial charge on any atom is -0.367 e. The molecule has 114 valence electrons. The number of nitrogens with zero attached hydrogens (tertiary/aromatic N) is 3. The quantitative estimate of drug-likeness (QED) is 0.931. The van der Waals surface area contributed by atoms with Gasteiger partial charge in [-0.2, -0.15) is 4.98 Å². The van der Waals surface area contributed by atoms with E-state index in [1.54, 1.807) is 0 Å². The Morgan fingerprint density at radius 2 is 1.91 bits per heavy atom. The highest BCUT2D eigenvalue weighted by molar-refractivity contribution is 5.66. The van der Waals surface area contributed by atoms with Gasteiger partial charge in [0.2, 0.25) is 5.95 Å². The molecule has 2 heterocycles. The Morgan fingerprint density at radius 1 is 1.05 bits per heavy atom. The molecule has 0 saturated heterocycles. The Labute approximate surface area is 131 Å². The van der Waals surface area contributed by atoms with Gasteiger partial charge in [-0.25, -0.2) is 4.98 Å². The van der Waals surface area contributed by atoms with Crippen LogP contribution in [0.5, 0.6) is 0 Å². The Bertz CT molecular complexity index is 649. The molecule has 4 rings (SSSR count). The lowest BCUT2D eigenvalue weighted by atomic mass is 9.95. The minimum atomic E-state index is 0.572. The summed E-state index contributed by atoms with van der Waals surface area (Å²) < 4.78 is 0. The molecule has 0 atom stereocenters. The molecule has 4 nitrogen and oxygen atoms in total. The number of hydrogen-bond acceptors (Lipinski definition) is 4. The van der Waals surface area contributed by atoms with Crippen LogP contribution in [0.2, 0.25) is 0 Å². The van der Waals surface area contributed by atoms with Gasteiger partial charge < -0.3 is 10.2 Å². The first kappa shape index (κ1) is 13.6. The largest absolute Gasteiger partial charge is 0.367 e. The van der Waals surface area contributed by atoms with Crippen LogP contribution < -0.4 is 10.2 Å². The Balaban J connectivity index is 1.55. The first-order valence-electron chi connectivity index (χ1n) is 8.35. The first-order valence-corrected chi connectivity index (χ1v) is 8.35.